The van der Waals surface area contributed by atoms with Crippen molar-refractivity contribution >= 4 is 194 Å². The van der Waals surface area contributed by atoms with Crippen LogP contribution < -0.4 is 9.80 Å². The summed E-state index contributed by atoms with van der Waals surface area (Å²) in [5.41, 5.74) is 33.5. The molecule has 0 spiro atoms. The number of esters is 2. The van der Waals surface area contributed by atoms with E-state index in [0.717, 1.165) is 161 Å². The normalized spacial score (nSPS) is 15.1. The molecule has 28 rings (SSSR count). The first-order valence-corrected chi connectivity index (χ1v) is 50.6. The van der Waals surface area contributed by atoms with E-state index in [2.05, 4.69) is 349 Å². The molecule has 12 heteroatoms. The van der Waals surface area contributed by atoms with Gasteiger partial charge in [0.05, 0.1) is 33.2 Å². The molecule has 0 fully saturated rings. The van der Waals surface area contributed by atoms with Crippen LogP contribution in [0.2, 0.25) is 0 Å². The zero-order valence-corrected chi connectivity index (χ0v) is 81.3. The van der Waals surface area contributed by atoms with E-state index in [4.69, 9.17) is 4.74 Å². The second-order valence-corrected chi connectivity index (χ2v) is 42.6. The lowest BCUT2D eigenvalue weighted by Crippen LogP contribution is -2.43. The van der Waals surface area contributed by atoms with Crippen LogP contribution in [-0.2, 0) is 44.3 Å². The summed E-state index contributed by atoms with van der Waals surface area (Å²) < 4.78 is 10.3. The molecule has 0 bridgehead atoms. The maximum atomic E-state index is 13.9. The SMILES string of the molecule is CCCCCCn1c2cc(N(c3ccc4c(c3)C(C)(C)c3ccccc3-4)c3ccc4c(c3)C(C)(C)c3ccccc3-4)ccc2c2c3cccc4c5ccc6c7c(ccc(c(cc21)c43)c75)C(=O)N(CC(=O)O)C6=O.CCCCCCn1c2cc(N(c3ccc4c(c3)C(C)(C)c3ccccc3-4)c3ccc4c(c3)C(C)(C)c3ccccc3-4)ccc2c2c3cccc4c5ccc6c7c(ccc(c(cc21)c43)c75)C(=O)OC6=O. The third-order valence-electron chi connectivity index (χ3n) is 33.6. The fourth-order valence-corrected chi connectivity index (χ4v) is 26.8. The number of fused-ring (bicyclic) bond motifs is 24. The number of benzene rings is 20. The molecule has 690 valence electrons. The van der Waals surface area contributed by atoms with Gasteiger partial charge < -0.3 is 28.8 Å². The predicted molar refractivity (Wildman–Crippen MR) is 582 cm³/mol. The van der Waals surface area contributed by atoms with E-state index in [1.54, 1.807) is 12.1 Å². The van der Waals surface area contributed by atoms with Crippen molar-refractivity contribution in [2.45, 2.75) is 155 Å². The number of carboxylic acid groups (broad SMARTS) is 1. The van der Waals surface area contributed by atoms with E-state index in [0.29, 0.717) is 33.0 Å². The fourth-order valence-electron chi connectivity index (χ4n) is 26.8. The minimum absolute atomic E-state index is 0.158. The Morgan fingerprint density at radius 3 is 0.901 bits per heavy atom. The van der Waals surface area contributed by atoms with Gasteiger partial charge in [0.2, 0.25) is 0 Å². The molecule has 20 aromatic carbocycles. The van der Waals surface area contributed by atoms with E-state index >= 15 is 0 Å². The van der Waals surface area contributed by atoms with Gasteiger partial charge in [0, 0.05) is 112 Å². The molecule has 0 unspecified atom stereocenters. The molecule has 0 radical (unpaired) electrons. The Morgan fingerprint density at radius 1 is 0.261 bits per heavy atom. The van der Waals surface area contributed by atoms with Crippen LogP contribution in [0.15, 0.2) is 303 Å². The number of amides is 2. The summed E-state index contributed by atoms with van der Waals surface area (Å²) in [5, 5.41) is 30.7. The van der Waals surface area contributed by atoms with E-state index in [1.165, 1.54) is 151 Å². The van der Waals surface area contributed by atoms with Crippen LogP contribution >= 0.6 is 0 Å². The molecule has 4 heterocycles. The molecule has 142 heavy (non-hydrogen) atoms. The van der Waals surface area contributed by atoms with Crippen LogP contribution in [-0.4, -0.2) is 55.4 Å². The van der Waals surface area contributed by atoms with Crippen LogP contribution in [0.5, 0.6) is 0 Å². The lowest BCUT2D eigenvalue weighted by atomic mass is 9.82. The number of carboxylic acids is 1. The van der Waals surface area contributed by atoms with Crippen molar-refractivity contribution in [3.05, 3.63) is 370 Å². The molecule has 6 aliphatic rings. The molecule has 2 amide bonds. The van der Waals surface area contributed by atoms with Crippen LogP contribution in [0.4, 0.5) is 34.1 Å². The number of imide groups is 1. The Balaban J connectivity index is 0.000000142. The Hall–Kier alpha value is -16.1. The number of rotatable bonds is 18. The summed E-state index contributed by atoms with van der Waals surface area (Å²) in [4.78, 5) is 71.8. The summed E-state index contributed by atoms with van der Waals surface area (Å²) >= 11 is 0. The molecule has 0 saturated heterocycles. The number of anilines is 6. The third kappa shape index (κ3) is 11.8. The second kappa shape index (κ2) is 30.7. The average molecular weight is 1850 g/mol. The van der Waals surface area contributed by atoms with Gasteiger partial charge in [-0.25, -0.2) is 9.59 Å². The van der Waals surface area contributed by atoms with E-state index < -0.39 is 36.3 Å². The second-order valence-electron chi connectivity index (χ2n) is 42.6. The Bertz CT molecular complexity index is 9180. The van der Waals surface area contributed by atoms with Gasteiger partial charge in [0.15, 0.2) is 0 Å². The molecule has 1 N–H and O–H groups in total. The molecule has 0 saturated carbocycles. The number of cyclic esters (lactones) is 2. The minimum Gasteiger partial charge on any atom is -0.480 e. The van der Waals surface area contributed by atoms with E-state index in [-0.39, 0.29) is 21.7 Å². The number of aromatic nitrogens is 2. The lowest BCUT2D eigenvalue weighted by molar-refractivity contribution is -0.137. The zero-order valence-electron chi connectivity index (χ0n) is 81.3. The number of aliphatic carboxylic acids is 1. The Morgan fingerprint density at radius 2 is 0.549 bits per heavy atom. The molecule has 0 atom stereocenters. The van der Waals surface area contributed by atoms with Gasteiger partial charge in [-0.2, -0.15) is 0 Å². The number of carbonyl (C=O) groups is 5. The topological polar surface area (TPSA) is 134 Å². The number of hydrogen-bond donors (Lipinski definition) is 1. The standard InChI is InChI=1S/C66H53N3O4.C64H50N2O3/c1-6-7-8-13-31-67-56-34-39(69(37-21-24-42-40-15-9-11-19-52(40)65(2,3)54(42)32-37)38-22-25-43-41-16-10-12-20-53(41)66(4,5)55(43)33-38)23-26-47(56)60-48-18-14-17-44-45-27-29-49-62-50(64(73)68(63(49)72)36-58(70)71)30-28-46(61(45)62)51(59(44)48)35-57(60)67;1-6-7-8-13-31-65-55-34-38(23-26-46(55)58-47-18-14-17-43-44-27-29-48-60-49(62(68)69-61(48)67)30-28-45(59(44)60)50(57(43)47)35-56(58)65)66(36-21-24-41-39-15-9-11-19-51(39)63(2,3)53(41)32-36)37-22-25-42-40-16-10-12-20-52(40)64(4,5)54(42)33-37/h9-12,14-30,32-35H,6-8,13,31,36H2,1-5H3,(H,70,71);9-12,14-30,32-35H,6-8,13,31H2,1-5H3. The summed E-state index contributed by atoms with van der Waals surface area (Å²) in [6.07, 6.45) is 9.01. The number of nitrogens with zero attached hydrogens (tertiary/aromatic N) is 5. The quantitative estimate of drug-likeness (QED) is 0.0222. The van der Waals surface area contributed by atoms with Gasteiger partial charge in [-0.1, -0.05) is 302 Å². The monoisotopic (exact) mass is 1850 g/mol. The molecule has 4 aliphatic carbocycles. The smallest absolute Gasteiger partial charge is 0.346 e. The molecule has 12 nitrogen and oxygen atoms in total. The number of ether oxygens (including phenoxy) is 1. The van der Waals surface area contributed by atoms with Gasteiger partial charge >= 0.3 is 17.9 Å². The highest BCUT2D eigenvalue weighted by Gasteiger charge is 2.44. The van der Waals surface area contributed by atoms with E-state index in [9.17, 15) is 29.1 Å². The highest BCUT2D eigenvalue weighted by Crippen LogP contribution is 2.59. The first-order valence-electron chi connectivity index (χ1n) is 50.6. The van der Waals surface area contributed by atoms with Crippen LogP contribution in [0.3, 0.4) is 0 Å². The van der Waals surface area contributed by atoms with E-state index in [1.807, 2.05) is 30.3 Å². The summed E-state index contributed by atoms with van der Waals surface area (Å²) in [6.45, 7) is 24.4. The largest absolute Gasteiger partial charge is 0.480 e. The van der Waals surface area contributed by atoms with Gasteiger partial charge in [0.1, 0.15) is 6.54 Å². The Labute approximate surface area is 822 Å². The molecular formula is C130H103N5O7. The molecule has 22 aromatic rings. The van der Waals surface area contributed by atoms with Crippen molar-refractivity contribution in [3.8, 4) is 44.5 Å². The maximum Gasteiger partial charge on any atom is 0.346 e. The van der Waals surface area contributed by atoms with Gasteiger partial charge in [-0.15, -0.1) is 0 Å². The minimum atomic E-state index is -1.23. The highest BCUT2D eigenvalue weighted by atomic mass is 16.6. The number of aryl methyl sites for hydroxylation is 2. The maximum absolute atomic E-state index is 13.9. The van der Waals surface area contributed by atoms with Crippen molar-refractivity contribution in [1.29, 1.82) is 0 Å². The molecule has 2 aromatic heterocycles. The third-order valence-corrected chi connectivity index (χ3v) is 33.6. The first kappa shape index (κ1) is 85.2. The van der Waals surface area contributed by atoms with Gasteiger partial charge in [-0.05, 0) is 286 Å². The number of carbonyl (C=O) groups excluding carboxylic acids is 4. The molecule has 2 aliphatic heterocycles. The van der Waals surface area contributed by atoms with Crippen LogP contribution in [0.1, 0.15) is 207 Å². The predicted octanol–water partition coefficient (Wildman–Crippen LogP) is 33.0. The fraction of sp³-hybridized carbons (Fsp3) is 0.192. The summed E-state index contributed by atoms with van der Waals surface area (Å²) in [5.74, 6) is -3.57. The molecular weight excluding hydrogens is 1740 g/mol. The summed E-state index contributed by atoms with van der Waals surface area (Å²) in [7, 11) is 0. The van der Waals surface area contributed by atoms with Crippen molar-refractivity contribution in [3.63, 3.8) is 0 Å². The number of unbranched alkanes of at least 4 members (excludes halogenated alkanes) is 6. The van der Waals surface area contributed by atoms with Crippen LogP contribution in [0.25, 0.3) is 174 Å². The first-order chi connectivity index (χ1) is 68.9. The summed E-state index contributed by atoms with van der Waals surface area (Å²) in [6, 6.07) is 111. The van der Waals surface area contributed by atoms with Crippen molar-refractivity contribution < 1.29 is 33.8 Å². The lowest BCUT2D eigenvalue weighted by Gasteiger charge is -2.30. The van der Waals surface area contributed by atoms with Gasteiger partial charge in [-0.3, -0.25) is 19.3 Å². The van der Waals surface area contributed by atoms with Crippen molar-refractivity contribution in [2.75, 3.05) is 16.3 Å². The zero-order chi connectivity index (χ0) is 96.5. The average Bonchev–Trinajstić information content (AvgIpc) is 1.15. The van der Waals surface area contributed by atoms with Crippen molar-refractivity contribution in [1.82, 2.24) is 14.0 Å². The van der Waals surface area contributed by atoms with Gasteiger partial charge in [0.25, 0.3) is 11.8 Å². The number of hydrogen-bond acceptors (Lipinski definition) is 8. The van der Waals surface area contributed by atoms with Crippen molar-refractivity contribution in [2.24, 2.45) is 0 Å². The highest BCUT2D eigenvalue weighted by molar-refractivity contribution is 6.43. The Kier molecular flexibility index (Phi) is 18.4. The van der Waals surface area contributed by atoms with Crippen LogP contribution in [0, 0.1) is 0 Å².